The summed E-state index contributed by atoms with van der Waals surface area (Å²) in [7, 11) is 0. The molecule has 3 heteroatoms. The van der Waals surface area contributed by atoms with E-state index in [4.69, 9.17) is 9.97 Å². The summed E-state index contributed by atoms with van der Waals surface area (Å²) in [6.07, 6.45) is 1.93. The number of thiophene rings is 1. The first kappa shape index (κ1) is 30.0. The molecule has 0 unspecified atom stereocenters. The van der Waals surface area contributed by atoms with Crippen LogP contribution < -0.4 is 0 Å². The summed E-state index contributed by atoms with van der Waals surface area (Å²) in [6, 6.07) is 63.6. The summed E-state index contributed by atoms with van der Waals surface area (Å²) in [6.45, 7) is 0. The van der Waals surface area contributed by atoms with Gasteiger partial charge >= 0.3 is 0 Å². The summed E-state index contributed by atoms with van der Waals surface area (Å²) in [5.41, 5.74) is 11.1. The van der Waals surface area contributed by atoms with E-state index in [0.29, 0.717) is 0 Å². The molecule has 0 N–H and O–H groups in total. The van der Waals surface area contributed by atoms with Gasteiger partial charge in [0, 0.05) is 36.5 Å². The van der Waals surface area contributed by atoms with E-state index in [1.165, 1.54) is 69.5 Å². The van der Waals surface area contributed by atoms with Gasteiger partial charge in [-0.3, -0.25) is 4.98 Å². The molecule has 0 aliphatic heterocycles. The van der Waals surface area contributed by atoms with Gasteiger partial charge in [-0.1, -0.05) is 158 Å². The Balaban J connectivity index is 1.02. The van der Waals surface area contributed by atoms with E-state index in [-0.39, 0.29) is 0 Å². The Hall–Kier alpha value is -6.68. The zero-order valence-corrected chi connectivity index (χ0v) is 29.4. The Bertz CT molecular complexity index is 3210. The highest BCUT2D eigenvalue weighted by Crippen LogP contribution is 2.42. The van der Waals surface area contributed by atoms with Gasteiger partial charge in [0.15, 0.2) is 0 Å². The van der Waals surface area contributed by atoms with E-state index in [2.05, 4.69) is 176 Å². The highest BCUT2D eigenvalue weighted by molar-refractivity contribution is 7.26. The second-order valence-corrected chi connectivity index (χ2v) is 14.7. The van der Waals surface area contributed by atoms with Crippen LogP contribution in [0.3, 0.4) is 0 Å². The van der Waals surface area contributed by atoms with Crippen LogP contribution in [0.1, 0.15) is 0 Å². The third-order valence-corrected chi connectivity index (χ3v) is 11.9. The lowest BCUT2D eigenvalue weighted by atomic mass is 9.90. The minimum absolute atomic E-state index is 0.867. The molecule has 11 aromatic rings. The Morgan fingerprint density at radius 1 is 0.340 bits per heavy atom. The maximum atomic E-state index is 5.28. The number of aromatic nitrogens is 2. The SMILES string of the molecule is c1cc(-c2cnc3c4ccccc4c4ccccc4c3n2)cc(-c2ccc(-c3cccc(-c4cccc5c4sc4ccccc45)c3)c3ccccc23)c1. The van der Waals surface area contributed by atoms with Crippen molar-refractivity contribution in [3.05, 3.63) is 182 Å². The summed E-state index contributed by atoms with van der Waals surface area (Å²) < 4.78 is 2.66. The van der Waals surface area contributed by atoms with Crippen LogP contribution in [0.4, 0.5) is 0 Å². The van der Waals surface area contributed by atoms with Crippen molar-refractivity contribution >= 4 is 74.9 Å². The fourth-order valence-corrected chi connectivity index (χ4v) is 9.48. The van der Waals surface area contributed by atoms with E-state index in [1.54, 1.807) is 0 Å². The fraction of sp³-hybridized carbons (Fsp3) is 0. The van der Waals surface area contributed by atoms with Gasteiger partial charge < -0.3 is 0 Å². The Morgan fingerprint density at radius 3 is 1.51 bits per heavy atom. The first-order valence-corrected chi connectivity index (χ1v) is 18.8. The molecule has 0 saturated heterocycles. The summed E-state index contributed by atoms with van der Waals surface area (Å²) >= 11 is 1.88. The molecular weight excluding hydrogens is 661 g/mol. The van der Waals surface area contributed by atoms with Gasteiger partial charge in [-0.05, 0) is 73.1 Å². The van der Waals surface area contributed by atoms with Gasteiger partial charge in [0.1, 0.15) is 0 Å². The first-order valence-electron chi connectivity index (χ1n) is 18.0. The van der Waals surface area contributed by atoms with Crippen molar-refractivity contribution in [2.45, 2.75) is 0 Å². The molecule has 2 nitrogen and oxygen atoms in total. The Kier molecular flexibility index (Phi) is 6.76. The maximum Gasteiger partial charge on any atom is 0.0979 e. The molecule has 2 heterocycles. The topological polar surface area (TPSA) is 25.8 Å². The van der Waals surface area contributed by atoms with E-state index in [1.807, 2.05) is 17.5 Å². The third kappa shape index (κ3) is 4.78. The molecule has 11 rings (SSSR count). The largest absolute Gasteiger partial charge is 0.252 e. The number of benzene rings is 9. The monoisotopic (exact) mass is 690 g/mol. The molecule has 2 aromatic heterocycles. The van der Waals surface area contributed by atoms with Crippen LogP contribution in [0.15, 0.2) is 182 Å². The predicted molar refractivity (Wildman–Crippen MR) is 227 cm³/mol. The molecule has 0 amide bonds. The molecule has 0 radical (unpaired) electrons. The molecule has 246 valence electrons. The van der Waals surface area contributed by atoms with E-state index >= 15 is 0 Å². The van der Waals surface area contributed by atoms with Crippen LogP contribution in [0, 0.1) is 0 Å². The number of hydrogen-bond acceptors (Lipinski definition) is 3. The molecular formula is C50H30N2S. The van der Waals surface area contributed by atoms with Gasteiger partial charge in [0.25, 0.3) is 0 Å². The zero-order valence-electron chi connectivity index (χ0n) is 28.6. The number of nitrogens with zero attached hydrogens (tertiary/aromatic N) is 2. The van der Waals surface area contributed by atoms with Gasteiger partial charge in [-0.15, -0.1) is 11.3 Å². The average Bonchev–Trinajstić information content (AvgIpc) is 3.62. The van der Waals surface area contributed by atoms with Crippen LogP contribution in [-0.4, -0.2) is 9.97 Å². The van der Waals surface area contributed by atoms with Gasteiger partial charge in [-0.2, -0.15) is 0 Å². The van der Waals surface area contributed by atoms with E-state index in [0.717, 1.165) is 38.6 Å². The van der Waals surface area contributed by atoms with Crippen molar-refractivity contribution in [3.8, 4) is 44.6 Å². The molecule has 0 atom stereocenters. The van der Waals surface area contributed by atoms with Crippen molar-refractivity contribution in [2.75, 3.05) is 0 Å². The van der Waals surface area contributed by atoms with Crippen molar-refractivity contribution in [2.24, 2.45) is 0 Å². The fourth-order valence-electron chi connectivity index (χ4n) is 8.24. The van der Waals surface area contributed by atoms with Crippen molar-refractivity contribution in [3.63, 3.8) is 0 Å². The van der Waals surface area contributed by atoms with E-state index < -0.39 is 0 Å². The highest BCUT2D eigenvalue weighted by Gasteiger charge is 2.15. The minimum Gasteiger partial charge on any atom is -0.252 e. The minimum atomic E-state index is 0.867. The quantitative estimate of drug-likeness (QED) is 0.172. The number of hydrogen-bond donors (Lipinski definition) is 0. The van der Waals surface area contributed by atoms with Crippen LogP contribution >= 0.6 is 11.3 Å². The lowest BCUT2D eigenvalue weighted by Crippen LogP contribution is -1.92. The third-order valence-electron chi connectivity index (χ3n) is 10.7. The van der Waals surface area contributed by atoms with Crippen molar-refractivity contribution in [1.82, 2.24) is 9.97 Å². The molecule has 53 heavy (non-hydrogen) atoms. The highest BCUT2D eigenvalue weighted by atomic mass is 32.1. The standard InChI is InChI=1S/C50H30N2S/c1-2-17-39-36(32-13-10-15-34(29-32)46-30-51-48-43-21-5-3-18-40(43)41-19-4-6-22-44(41)49(48)52-46)27-26-35(38(39)16-1)31-12-9-14-33(28-31)37-23-11-24-45-42-20-7-8-25-47(42)53-50(37)45/h1-30H. The predicted octanol–water partition coefficient (Wildman–Crippen LogP) is 14.1. The molecule has 0 aliphatic rings. The lowest BCUT2D eigenvalue weighted by molar-refractivity contribution is 1.31. The molecule has 0 aliphatic carbocycles. The molecule has 0 saturated carbocycles. The van der Waals surface area contributed by atoms with Gasteiger partial charge in [0.2, 0.25) is 0 Å². The molecule has 0 spiro atoms. The first-order chi connectivity index (χ1) is 26.3. The summed E-state index contributed by atoms with van der Waals surface area (Å²) in [5.74, 6) is 0. The Labute approximate surface area is 310 Å². The van der Waals surface area contributed by atoms with Crippen LogP contribution in [0.2, 0.25) is 0 Å². The second kappa shape index (κ2) is 11.9. The molecule has 0 fully saturated rings. The van der Waals surface area contributed by atoms with Gasteiger partial charge in [0.05, 0.1) is 22.9 Å². The van der Waals surface area contributed by atoms with Crippen LogP contribution in [0.5, 0.6) is 0 Å². The van der Waals surface area contributed by atoms with Crippen molar-refractivity contribution in [1.29, 1.82) is 0 Å². The zero-order chi connectivity index (χ0) is 34.9. The maximum absolute atomic E-state index is 5.28. The summed E-state index contributed by atoms with van der Waals surface area (Å²) in [4.78, 5) is 10.3. The van der Waals surface area contributed by atoms with Crippen molar-refractivity contribution < 1.29 is 0 Å². The summed E-state index contributed by atoms with van der Waals surface area (Å²) in [5, 5.41) is 9.76. The van der Waals surface area contributed by atoms with E-state index in [9.17, 15) is 0 Å². The second-order valence-electron chi connectivity index (χ2n) is 13.7. The molecule has 0 bridgehead atoms. The smallest absolute Gasteiger partial charge is 0.0979 e. The Morgan fingerprint density at radius 2 is 0.830 bits per heavy atom. The number of fused-ring (bicyclic) bond motifs is 10. The lowest BCUT2D eigenvalue weighted by Gasteiger charge is -2.14. The average molecular weight is 691 g/mol. The number of rotatable bonds is 4. The molecule has 9 aromatic carbocycles. The van der Waals surface area contributed by atoms with Gasteiger partial charge in [-0.25, -0.2) is 4.98 Å². The van der Waals surface area contributed by atoms with Crippen LogP contribution in [0.25, 0.3) is 108 Å². The normalized spacial score (nSPS) is 11.8. The van der Waals surface area contributed by atoms with Crippen LogP contribution in [-0.2, 0) is 0 Å².